The molecule has 0 saturated carbocycles. The van der Waals surface area contributed by atoms with Gasteiger partial charge in [-0.25, -0.2) is 0 Å². The number of carbonyl (C=O) groups is 2. The Hall–Kier alpha value is -2.44. The number of nitro groups is 1. The highest BCUT2D eigenvalue weighted by atomic mass is 16.6. The van der Waals surface area contributed by atoms with Gasteiger partial charge in [-0.2, -0.15) is 0 Å². The fourth-order valence-electron chi connectivity index (χ4n) is 2.63. The van der Waals surface area contributed by atoms with Gasteiger partial charge in [-0.1, -0.05) is 6.92 Å². The lowest BCUT2D eigenvalue weighted by Gasteiger charge is -2.17. The van der Waals surface area contributed by atoms with Crippen molar-refractivity contribution in [2.75, 3.05) is 13.1 Å². The number of amides is 1. The highest BCUT2D eigenvalue weighted by Gasteiger charge is 2.37. The van der Waals surface area contributed by atoms with E-state index in [1.807, 2.05) is 0 Å². The molecular formula is C14H16N2O5. The summed E-state index contributed by atoms with van der Waals surface area (Å²) in [6.07, 6.45) is 0. The molecule has 0 spiro atoms. The van der Waals surface area contributed by atoms with Gasteiger partial charge >= 0.3 is 5.97 Å². The lowest BCUT2D eigenvalue weighted by Crippen LogP contribution is -2.30. The van der Waals surface area contributed by atoms with Crippen molar-refractivity contribution in [1.29, 1.82) is 0 Å². The third-order valence-electron chi connectivity index (χ3n) is 3.87. The van der Waals surface area contributed by atoms with E-state index in [2.05, 4.69) is 0 Å². The third-order valence-corrected chi connectivity index (χ3v) is 3.87. The molecule has 1 heterocycles. The Bertz CT molecular complexity index is 613. The summed E-state index contributed by atoms with van der Waals surface area (Å²) < 4.78 is 0. The monoisotopic (exact) mass is 292 g/mol. The molecule has 1 saturated heterocycles. The summed E-state index contributed by atoms with van der Waals surface area (Å²) in [6, 6.07) is 4.06. The summed E-state index contributed by atoms with van der Waals surface area (Å²) in [6.45, 7) is 3.99. The zero-order chi connectivity index (χ0) is 15.7. The molecule has 1 amide bonds. The number of carbonyl (C=O) groups excluding carboxylic acids is 1. The first-order valence-corrected chi connectivity index (χ1v) is 6.58. The van der Waals surface area contributed by atoms with Crippen molar-refractivity contribution >= 4 is 17.6 Å². The Kier molecular flexibility index (Phi) is 3.93. The number of nitrogens with zero attached hydrogens (tertiary/aromatic N) is 2. The van der Waals surface area contributed by atoms with Crippen molar-refractivity contribution in [3.05, 3.63) is 39.4 Å². The van der Waals surface area contributed by atoms with Gasteiger partial charge in [0.25, 0.3) is 11.6 Å². The number of hydrogen-bond donors (Lipinski definition) is 1. The standard InChI is InChI=1S/C14H16N2O5/c1-8-5-10(16(20)21)3-4-11(8)13(17)15-6-9(2)12(7-15)14(18)19/h3-5,9,12H,6-7H2,1-2H3,(H,18,19). The zero-order valence-corrected chi connectivity index (χ0v) is 11.8. The molecule has 1 N–H and O–H groups in total. The summed E-state index contributed by atoms with van der Waals surface area (Å²) in [4.78, 5) is 35.2. The largest absolute Gasteiger partial charge is 0.481 e. The average Bonchev–Trinajstić information content (AvgIpc) is 2.80. The number of non-ortho nitro benzene ring substituents is 1. The maximum absolute atomic E-state index is 12.4. The predicted molar refractivity (Wildman–Crippen MR) is 74.0 cm³/mol. The molecule has 0 radical (unpaired) electrons. The molecule has 2 atom stereocenters. The van der Waals surface area contributed by atoms with E-state index in [4.69, 9.17) is 5.11 Å². The van der Waals surface area contributed by atoms with Gasteiger partial charge in [-0.3, -0.25) is 19.7 Å². The van der Waals surface area contributed by atoms with Gasteiger partial charge in [0.1, 0.15) is 0 Å². The Balaban J connectivity index is 2.22. The van der Waals surface area contributed by atoms with Crippen LogP contribution in [0.3, 0.4) is 0 Å². The normalized spacial score (nSPS) is 21.3. The first-order chi connectivity index (χ1) is 9.81. The van der Waals surface area contributed by atoms with Crippen LogP contribution in [0.5, 0.6) is 0 Å². The zero-order valence-electron chi connectivity index (χ0n) is 11.8. The van der Waals surface area contributed by atoms with Gasteiger partial charge < -0.3 is 10.0 Å². The second-order valence-corrected chi connectivity index (χ2v) is 5.39. The highest BCUT2D eigenvalue weighted by Crippen LogP contribution is 2.26. The van der Waals surface area contributed by atoms with E-state index in [0.29, 0.717) is 17.7 Å². The van der Waals surface area contributed by atoms with Crippen molar-refractivity contribution in [3.8, 4) is 0 Å². The molecule has 21 heavy (non-hydrogen) atoms. The number of aryl methyl sites for hydroxylation is 1. The summed E-state index contributed by atoms with van der Waals surface area (Å²) in [5.41, 5.74) is 0.821. The number of rotatable bonds is 3. The molecule has 7 nitrogen and oxygen atoms in total. The first-order valence-electron chi connectivity index (χ1n) is 6.58. The van der Waals surface area contributed by atoms with Gasteiger partial charge in [0.15, 0.2) is 0 Å². The lowest BCUT2D eigenvalue weighted by molar-refractivity contribution is -0.384. The number of carboxylic acid groups (broad SMARTS) is 1. The number of aliphatic carboxylic acids is 1. The van der Waals surface area contributed by atoms with Crippen molar-refractivity contribution in [2.45, 2.75) is 13.8 Å². The van der Waals surface area contributed by atoms with Gasteiger partial charge in [0, 0.05) is 30.8 Å². The molecule has 2 rings (SSSR count). The van der Waals surface area contributed by atoms with Gasteiger partial charge in [0.2, 0.25) is 0 Å². The molecule has 0 aliphatic carbocycles. The predicted octanol–water partition coefficient (Wildman–Crippen LogP) is 1.70. The quantitative estimate of drug-likeness (QED) is 0.675. The fourth-order valence-corrected chi connectivity index (χ4v) is 2.63. The topological polar surface area (TPSA) is 101 Å². The van der Waals surface area contributed by atoms with Crippen LogP contribution in [0.15, 0.2) is 18.2 Å². The molecule has 1 aliphatic heterocycles. The molecule has 2 unspecified atom stereocenters. The van der Waals surface area contributed by atoms with E-state index in [0.717, 1.165) is 0 Å². The van der Waals surface area contributed by atoms with E-state index in [1.165, 1.54) is 23.1 Å². The second kappa shape index (κ2) is 5.51. The SMILES string of the molecule is Cc1cc([N+](=O)[O-])ccc1C(=O)N1CC(C)C(C(=O)O)C1. The van der Waals surface area contributed by atoms with Crippen LogP contribution in [0.4, 0.5) is 5.69 Å². The molecule has 0 bridgehead atoms. The number of carboxylic acids is 1. The van der Waals surface area contributed by atoms with Crippen molar-refractivity contribution in [1.82, 2.24) is 4.90 Å². The van der Waals surface area contributed by atoms with E-state index >= 15 is 0 Å². The van der Waals surface area contributed by atoms with Crippen LogP contribution in [-0.2, 0) is 4.79 Å². The van der Waals surface area contributed by atoms with Gasteiger partial charge in [-0.15, -0.1) is 0 Å². The van der Waals surface area contributed by atoms with Crippen LogP contribution in [0.2, 0.25) is 0 Å². The highest BCUT2D eigenvalue weighted by molar-refractivity contribution is 5.96. The third kappa shape index (κ3) is 2.86. The Morgan fingerprint density at radius 3 is 2.52 bits per heavy atom. The molecule has 1 aromatic carbocycles. The minimum Gasteiger partial charge on any atom is -0.481 e. The second-order valence-electron chi connectivity index (χ2n) is 5.39. The molecule has 0 aromatic heterocycles. The van der Waals surface area contributed by atoms with E-state index in [-0.39, 0.29) is 24.1 Å². The van der Waals surface area contributed by atoms with Crippen LogP contribution in [0.25, 0.3) is 0 Å². The summed E-state index contributed by atoms with van der Waals surface area (Å²) >= 11 is 0. The minimum absolute atomic E-state index is 0.0674. The Morgan fingerprint density at radius 2 is 2.05 bits per heavy atom. The first kappa shape index (κ1) is 15.0. The average molecular weight is 292 g/mol. The van der Waals surface area contributed by atoms with E-state index in [1.54, 1.807) is 13.8 Å². The maximum Gasteiger partial charge on any atom is 0.308 e. The van der Waals surface area contributed by atoms with Crippen LogP contribution in [0, 0.1) is 28.9 Å². The van der Waals surface area contributed by atoms with Crippen LogP contribution >= 0.6 is 0 Å². The number of nitro benzene ring substituents is 1. The van der Waals surface area contributed by atoms with Crippen LogP contribution in [0.1, 0.15) is 22.8 Å². The van der Waals surface area contributed by atoms with Gasteiger partial charge in [-0.05, 0) is 24.5 Å². The number of benzene rings is 1. The fraction of sp³-hybridized carbons (Fsp3) is 0.429. The molecule has 7 heteroatoms. The van der Waals surface area contributed by atoms with Gasteiger partial charge in [0.05, 0.1) is 10.8 Å². The van der Waals surface area contributed by atoms with E-state index in [9.17, 15) is 19.7 Å². The van der Waals surface area contributed by atoms with Crippen LogP contribution in [-0.4, -0.2) is 39.9 Å². The Morgan fingerprint density at radius 1 is 1.38 bits per heavy atom. The maximum atomic E-state index is 12.4. The van der Waals surface area contributed by atoms with Crippen molar-refractivity contribution in [2.24, 2.45) is 11.8 Å². The summed E-state index contributed by atoms with van der Waals surface area (Å²) in [5.74, 6) is -1.85. The Labute approximate surface area is 121 Å². The molecule has 1 fully saturated rings. The number of hydrogen-bond acceptors (Lipinski definition) is 4. The van der Waals surface area contributed by atoms with Crippen LogP contribution < -0.4 is 0 Å². The lowest BCUT2D eigenvalue weighted by atomic mass is 9.99. The molecule has 1 aromatic rings. The molecule has 112 valence electrons. The smallest absolute Gasteiger partial charge is 0.308 e. The molecular weight excluding hydrogens is 276 g/mol. The summed E-state index contributed by atoms with van der Waals surface area (Å²) in [7, 11) is 0. The molecule has 1 aliphatic rings. The van der Waals surface area contributed by atoms with Crippen molar-refractivity contribution < 1.29 is 19.6 Å². The summed E-state index contributed by atoms with van der Waals surface area (Å²) in [5, 5.41) is 19.8. The number of likely N-dealkylation sites (tertiary alicyclic amines) is 1. The van der Waals surface area contributed by atoms with Crippen molar-refractivity contribution in [3.63, 3.8) is 0 Å². The van der Waals surface area contributed by atoms with E-state index < -0.39 is 16.8 Å². The minimum atomic E-state index is -0.904.